The lowest BCUT2D eigenvalue weighted by Crippen LogP contribution is -2.63. The van der Waals surface area contributed by atoms with Crippen LogP contribution in [0.5, 0.6) is 0 Å². The maximum absolute atomic E-state index is 13.4. The van der Waals surface area contributed by atoms with E-state index >= 15 is 0 Å². The minimum atomic E-state index is -3.95. The van der Waals surface area contributed by atoms with Gasteiger partial charge in [0.25, 0.3) is 10.0 Å². The number of aromatic amines is 1. The number of thioether (sulfide) groups is 1. The van der Waals surface area contributed by atoms with Gasteiger partial charge in [0.2, 0.25) is 5.91 Å². The largest absolute Gasteiger partial charge is 0.357 e. The first-order valence-corrected chi connectivity index (χ1v) is 13.6. The third kappa shape index (κ3) is 4.27. The van der Waals surface area contributed by atoms with Gasteiger partial charge in [-0.1, -0.05) is 17.7 Å². The molecule has 0 saturated carbocycles. The third-order valence-electron chi connectivity index (χ3n) is 6.44. The molecular weight excluding hydrogens is 490 g/mol. The van der Waals surface area contributed by atoms with Gasteiger partial charge < -0.3 is 15.2 Å². The summed E-state index contributed by atoms with van der Waals surface area (Å²) in [5, 5.41) is 13.3. The number of aromatic nitrogens is 1. The Bertz CT molecular complexity index is 1360. The van der Waals surface area contributed by atoms with Gasteiger partial charge in [-0.05, 0) is 30.7 Å². The maximum atomic E-state index is 13.4. The molecule has 11 nitrogen and oxygen atoms in total. The normalized spacial score (nSPS) is 23.0. The summed E-state index contributed by atoms with van der Waals surface area (Å²) in [5.74, 6) is 2.85. The molecule has 2 unspecified atom stereocenters. The van der Waals surface area contributed by atoms with E-state index in [1.165, 1.54) is 27.3 Å². The minimum absolute atomic E-state index is 0.0105. The van der Waals surface area contributed by atoms with Crippen LogP contribution in [0, 0.1) is 12.3 Å². The Labute approximate surface area is 207 Å². The summed E-state index contributed by atoms with van der Waals surface area (Å²) < 4.78 is 28.1. The minimum Gasteiger partial charge on any atom is -0.357 e. The fourth-order valence-electron chi connectivity index (χ4n) is 4.51. The number of amides is 3. The predicted octanol–water partition coefficient (Wildman–Crippen LogP) is 0.372. The van der Waals surface area contributed by atoms with E-state index in [2.05, 4.69) is 26.6 Å². The standard InChI is InChI=1S/C22H25N7O4S2/c1-3-14-4-5-16-15(10-14)11-19(25-16)35(32,33)27-8-9-28(18(12-27)20(30)23-2)22(31)29-7-6-17-21(26-29)34-13-24-17/h1,4-5,10-11,17-18,24-25H,6-9,12-13H2,2H3,(H,23,30). The van der Waals surface area contributed by atoms with E-state index in [1.54, 1.807) is 30.0 Å². The number of sulfonamides is 1. The molecule has 35 heavy (non-hydrogen) atoms. The molecule has 1 aromatic carbocycles. The lowest BCUT2D eigenvalue weighted by Gasteiger charge is -2.41. The number of fused-ring (bicyclic) bond motifs is 2. The number of hydrogen-bond donors (Lipinski definition) is 3. The van der Waals surface area contributed by atoms with Crippen molar-refractivity contribution in [3.63, 3.8) is 0 Å². The first-order valence-electron chi connectivity index (χ1n) is 11.2. The number of terminal acetylenes is 1. The second-order valence-electron chi connectivity index (χ2n) is 8.44. The molecule has 2 atom stereocenters. The molecule has 3 aliphatic rings. The van der Waals surface area contributed by atoms with E-state index in [4.69, 9.17) is 6.42 Å². The summed E-state index contributed by atoms with van der Waals surface area (Å²) in [4.78, 5) is 30.4. The van der Waals surface area contributed by atoms with Gasteiger partial charge in [-0.2, -0.15) is 9.41 Å². The number of nitrogens with zero attached hydrogens (tertiary/aromatic N) is 4. The van der Waals surface area contributed by atoms with Gasteiger partial charge in [-0.3, -0.25) is 10.1 Å². The van der Waals surface area contributed by atoms with Crippen molar-refractivity contribution in [3.8, 4) is 12.3 Å². The predicted molar refractivity (Wildman–Crippen MR) is 133 cm³/mol. The number of piperazine rings is 1. The summed E-state index contributed by atoms with van der Waals surface area (Å²) in [6.45, 7) is 0.375. The summed E-state index contributed by atoms with van der Waals surface area (Å²) in [6, 6.07) is 5.50. The lowest BCUT2D eigenvalue weighted by atomic mass is 10.1. The SMILES string of the molecule is C#Cc1ccc2[nH]c(S(=O)(=O)N3CCN(C(=O)N4CCC5NCSC5=N4)C(C(=O)NC)C3)cc2c1. The Morgan fingerprint density at radius 3 is 2.86 bits per heavy atom. The Balaban J connectivity index is 1.39. The van der Waals surface area contributed by atoms with E-state index in [-0.39, 0.29) is 30.7 Å². The van der Waals surface area contributed by atoms with Gasteiger partial charge >= 0.3 is 6.03 Å². The first kappa shape index (κ1) is 23.7. The summed E-state index contributed by atoms with van der Waals surface area (Å²) in [7, 11) is -2.48. The molecule has 4 heterocycles. The van der Waals surface area contributed by atoms with Crippen LogP contribution in [0.4, 0.5) is 4.79 Å². The van der Waals surface area contributed by atoms with Crippen molar-refractivity contribution in [2.75, 3.05) is 39.1 Å². The van der Waals surface area contributed by atoms with Crippen molar-refractivity contribution in [3.05, 3.63) is 29.8 Å². The van der Waals surface area contributed by atoms with Crippen LogP contribution in [-0.2, 0) is 14.8 Å². The van der Waals surface area contributed by atoms with Crippen LogP contribution in [0.2, 0.25) is 0 Å². The zero-order valence-corrected chi connectivity index (χ0v) is 20.7. The molecule has 3 N–H and O–H groups in total. The highest BCUT2D eigenvalue weighted by atomic mass is 32.2. The van der Waals surface area contributed by atoms with Gasteiger partial charge in [-0.15, -0.1) is 6.42 Å². The summed E-state index contributed by atoms with van der Waals surface area (Å²) >= 11 is 1.56. The molecular formula is C22H25N7O4S2. The van der Waals surface area contributed by atoms with E-state index in [9.17, 15) is 18.0 Å². The Morgan fingerprint density at radius 2 is 2.09 bits per heavy atom. The molecule has 3 amide bonds. The highest BCUT2D eigenvalue weighted by Gasteiger charge is 2.42. The van der Waals surface area contributed by atoms with E-state index in [0.717, 1.165) is 17.3 Å². The number of rotatable bonds is 3. The zero-order chi connectivity index (χ0) is 24.7. The molecule has 0 aliphatic carbocycles. The van der Waals surface area contributed by atoms with Crippen molar-refractivity contribution >= 4 is 49.7 Å². The Morgan fingerprint density at radius 1 is 1.26 bits per heavy atom. The van der Waals surface area contributed by atoms with Crippen molar-refractivity contribution in [1.82, 2.24) is 29.8 Å². The molecule has 0 spiro atoms. The van der Waals surface area contributed by atoms with Gasteiger partial charge in [0.05, 0.1) is 6.04 Å². The Kier molecular flexibility index (Phi) is 6.22. The molecule has 13 heteroatoms. The number of hydrogen-bond acceptors (Lipinski definition) is 7. The van der Waals surface area contributed by atoms with Crippen LogP contribution in [0.15, 0.2) is 34.4 Å². The van der Waals surface area contributed by atoms with E-state index in [1.807, 2.05) is 0 Å². The van der Waals surface area contributed by atoms with Crippen LogP contribution in [0.3, 0.4) is 0 Å². The van der Waals surface area contributed by atoms with Crippen molar-refractivity contribution < 1.29 is 18.0 Å². The lowest BCUT2D eigenvalue weighted by molar-refractivity contribution is -0.126. The number of urea groups is 1. The number of H-pyrrole nitrogens is 1. The average Bonchev–Trinajstić information content (AvgIpc) is 3.53. The fraction of sp³-hybridized carbons (Fsp3) is 0.409. The number of carbonyl (C=O) groups excluding carboxylic acids is 2. The van der Waals surface area contributed by atoms with Crippen LogP contribution in [0.1, 0.15) is 12.0 Å². The summed E-state index contributed by atoms with van der Waals surface area (Å²) in [5.41, 5.74) is 1.28. The van der Waals surface area contributed by atoms with Crippen molar-refractivity contribution in [2.24, 2.45) is 5.10 Å². The zero-order valence-electron chi connectivity index (χ0n) is 19.0. The number of carbonyl (C=O) groups is 2. The number of hydrazone groups is 1. The molecule has 2 fully saturated rings. The van der Waals surface area contributed by atoms with Crippen LogP contribution in [-0.4, -0.2) is 95.8 Å². The number of likely N-dealkylation sites (N-methyl/N-ethyl adjacent to an activating group) is 1. The topological polar surface area (TPSA) is 130 Å². The molecule has 5 rings (SSSR count). The monoisotopic (exact) mass is 515 g/mol. The molecule has 2 saturated heterocycles. The van der Waals surface area contributed by atoms with Gasteiger partial charge in [0, 0.05) is 55.6 Å². The Hall–Kier alpha value is -3.05. The van der Waals surface area contributed by atoms with Gasteiger partial charge in [-0.25, -0.2) is 18.2 Å². The first-order chi connectivity index (χ1) is 16.8. The molecule has 0 radical (unpaired) electrons. The van der Waals surface area contributed by atoms with Crippen LogP contribution >= 0.6 is 11.8 Å². The van der Waals surface area contributed by atoms with E-state index < -0.39 is 28.0 Å². The summed E-state index contributed by atoms with van der Waals surface area (Å²) in [6.07, 6.45) is 6.19. The van der Waals surface area contributed by atoms with Crippen molar-refractivity contribution in [2.45, 2.75) is 23.5 Å². The highest BCUT2D eigenvalue weighted by Crippen LogP contribution is 2.27. The molecule has 1 aromatic heterocycles. The molecule has 184 valence electrons. The second kappa shape index (κ2) is 9.19. The van der Waals surface area contributed by atoms with Gasteiger partial charge in [0.15, 0.2) is 0 Å². The molecule has 2 aromatic rings. The highest BCUT2D eigenvalue weighted by molar-refractivity contribution is 8.14. The maximum Gasteiger partial charge on any atom is 0.341 e. The van der Waals surface area contributed by atoms with Gasteiger partial charge in [0.1, 0.15) is 16.1 Å². The van der Waals surface area contributed by atoms with Crippen LogP contribution in [0.25, 0.3) is 10.9 Å². The van der Waals surface area contributed by atoms with Crippen molar-refractivity contribution in [1.29, 1.82) is 0 Å². The molecule has 0 bridgehead atoms. The third-order valence-corrected chi connectivity index (χ3v) is 9.20. The second-order valence-corrected chi connectivity index (χ2v) is 11.3. The fourth-order valence-corrected chi connectivity index (χ4v) is 6.95. The average molecular weight is 516 g/mol. The number of benzene rings is 1. The molecule has 3 aliphatic heterocycles. The van der Waals surface area contributed by atoms with E-state index in [0.29, 0.717) is 23.0 Å². The smallest absolute Gasteiger partial charge is 0.341 e. The van der Waals surface area contributed by atoms with Crippen LogP contribution < -0.4 is 10.6 Å². The quantitative estimate of drug-likeness (QED) is 0.507. The number of nitrogens with one attached hydrogen (secondary N) is 3.